The zero-order chi connectivity index (χ0) is 28.1. The number of ether oxygens (including phenoxy) is 2. The first-order chi connectivity index (χ1) is 19.4. The number of rotatable bonds is 8. The van der Waals surface area contributed by atoms with Crippen LogP contribution in [0.5, 0.6) is 5.75 Å². The zero-order valence-electron chi connectivity index (χ0n) is 21.9. The molecule has 0 atom stereocenters. The Kier molecular flexibility index (Phi) is 7.77. The maximum absolute atomic E-state index is 12.8. The molecule has 1 aliphatic rings. The third-order valence-corrected chi connectivity index (χ3v) is 6.81. The summed E-state index contributed by atoms with van der Waals surface area (Å²) in [5.41, 5.74) is 5.58. The zero-order valence-corrected chi connectivity index (χ0v) is 21.9. The minimum atomic E-state index is -0.952. The van der Waals surface area contributed by atoms with Gasteiger partial charge in [-0.05, 0) is 58.7 Å². The van der Waals surface area contributed by atoms with Crippen molar-refractivity contribution in [3.8, 4) is 16.9 Å². The van der Waals surface area contributed by atoms with Crippen molar-refractivity contribution in [3.05, 3.63) is 119 Å². The van der Waals surface area contributed by atoms with Crippen LogP contribution in [0.3, 0.4) is 0 Å². The molecule has 1 heterocycles. The van der Waals surface area contributed by atoms with Gasteiger partial charge in [-0.3, -0.25) is 4.79 Å². The number of methoxy groups -OCH3 is 1. The highest BCUT2D eigenvalue weighted by atomic mass is 16.5. The normalized spacial score (nSPS) is 12.2. The second kappa shape index (κ2) is 11.7. The number of amides is 1. The summed E-state index contributed by atoms with van der Waals surface area (Å²) in [6.07, 6.45) is 0. The Morgan fingerprint density at radius 2 is 1.60 bits per heavy atom. The summed E-state index contributed by atoms with van der Waals surface area (Å²) in [5.74, 6) is -0.935. The topological polar surface area (TPSA) is 105 Å². The Balaban J connectivity index is 1.24. The van der Waals surface area contributed by atoms with Gasteiger partial charge < -0.3 is 24.8 Å². The van der Waals surface area contributed by atoms with Gasteiger partial charge in [-0.2, -0.15) is 0 Å². The molecule has 202 valence electrons. The van der Waals surface area contributed by atoms with E-state index in [-0.39, 0.29) is 11.5 Å². The lowest BCUT2D eigenvalue weighted by atomic mass is 9.98. The summed E-state index contributed by atoms with van der Waals surface area (Å²) in [4.78, 5) is 38.2. The number of carboxylic acid groups (broad SMARTS) is 1. The molecule has 4 aromatic carbocycles. The van der Waals surface area contributed by atoms with Crippen LogP contribution in [0.2, 0.25) is 0 Å². The van der Waals surface area contributed by atoms with Crippen LogP contribution >= 0.6 is 0 Å². The largest absolute Gasteiger partial charge is 0.490 e. The van der Waals surface area contributed by atoms with E-state index in [1.807, 2.05) is 42.5 Å². The van der Waals surface area contributed by atoms with Crippen LogP contribution in [0.1, 0.15) is 42.2 Å². The van der Waals surface area contributed by atoms with Crippen molar-refractivity contribution < 1.29 is 29.0 Å². The fourth-order valence-electron chi connectivity index (χ4n) is 4.68. The van der Waals surface area contributed by atoms with Crippen molar-refractivity contribution >= 4 is 23.5 Å². The molecule has 0 spiro atoms. The van der Waals surface area contributed by atoms with Crippen molar-refractivity contribution in [1.82, 2.24) is 5.32 Å². The van der Waals surface area contributed by atoms with Gasteiger partial charge in [-0.15, -0.1) is 0 Å². The van der Waals surface area contributed by atoms with Crippen molar-refractivity contribution in [2.45, 2.75) is 13.1 Å². The third-order valence-electron chi connectivity index (χ3n) is 6.81. The number of nitrogens with one attached hydrogen (secondary N) is 1. The van der Waals surface area contributed by atoms with E-state index in [2.05, 4.69) is 10.2 Å². The average Bonchev–Trinajstić information content (AvgIpc) is 3.00. The summed E-state index contributed by atoms with van der Waals surface area (Å²) < 4.78 is 10.6. The molecule has 0 saturated heterocycles. The molecule has 4 aromatic rings. The Morgan fingerprint density at radius 1 is 0.900 bits per heavy atom. The second-order valence-corrected chi connectivity index (χ2v) is 9.37. The van der Waals surface area contributed by atoms with Gasteiger partial charge in [0.05, 0.1) is 30.5 Å². The highest BCUT2D eigenvalue weighted by Gasteiger charge is 2.20. The van der Waals surface area contributed by atoms with Gasteiger partial charge in [0.1, 0.15) is 12.4 Å². The molecule has 5 rings (SSSR count). The number of carbonyl (C=O) groups excluding carboxylic acids is 2. The lowest BCUT2D eigenvalue weighted by Crippen LogP contribution is -2.32. The predicted molar refractivity (Wildman–Crippen MR) is 151 cm³/mol. The molecule has 0 saturated carbocycles. The van der Waals surface area contributed by atoms with Gasteiger partial charge >= 0.3 is 11.9 Å². The quantitative estimate of drug-likeness (QED) is 0.300. The van der Waals surface area contributed by atoms with E-state index in [0.717, 1.165) is 22.4 Å². The molecule has 0 aromatic heterocycles. The monoisotopic (exact) mass is 536 g/mol. The van der Waals surface area contributed by atoms with Crippen LogP contribution < -0.4 is 15.0 Å². The van der Waals surface area contributed by atoms with E-state index >= 15 is 0 Å². The number of fused-ring (bicyclic) bond motifs is 1. The van der Waals surface area contributed by atoms with E-state index in [0.29, 0.717) is 48.7 Å². The number of carbonyl (C=O) groups is 3. The lowest BCUT2D eigenvalue weighted by molar-refractivity contribution is 0.0599. The Labute approximate surface area is 231 Å². The van der Waals surface area contributed by atoms with Crippen molar-refractivity contribution in [2.24, 2.45) is 0 Å². The van der Waals surface area contributed by atoms with Gasteiger partial charge in [0.15, 0.2) is 0 Å². The number of aromatic carboxylic acids is 1. The summed E-state index contributed by atoms with van der Waals surface area (Å²) in [5, 5.41) is 12.4. The molecule has 8 heteroatoms. The van der Waals surface area contributed by atoms with Gasteiger partial charge in [-0.1, -0.05) is 54.6 Å². The third kappa shape index (κ3) is 5.81. The van der Waals surface area contributed by atoms with E-state index in [1.165, 1.54) is 7.11 Å². The molecule has 0 radical (unpaired) electrons. The Bertz CT molecular complexity index is 1550. The number of carboxylic acids is 1. The molecule has 1 amide bonds. The molecule has 0 aliphatic carbocycles. The SMILES string of the molecule is COC(=O)c1ccc(CNC(=O)c2ccc3c(c2)OCCN3Cc2ccc(-c3ccccc3C(=O)O)cc2)cc1. The van der Waals surface area contributed by atoms with Crippen LogP contribution in [-0.2, 0) is 17.8 Å². The summed E-state index contributed by atoms with van der Waals surface area (Å²) >= 11 is 0. The number of anilines is 1. The van der Waals surface area contributed by atoms with Crippen molar-refractivity contribution in [3.63, 3.8) is 0 Å². The number of hydrogen-bond donors (Lipinski definition) is 2. The fraction of sp³-hybridized carbons (Fsp3) is 0.156. The van der Waals surface area contributed by atoms with Crippen LogP contribution in [0, 0.1) is 0 Å². The minimum absolute atomic E-state index is 0.224. The smallest absolute Gasteiger partial charge is 0.337 e. The standard InChI is InChI=1S/C32H28N2O6/c1-39-32(38)24-12-6-21(7-13-24)19-33-30(35)25-14-15-28-29(18-25)40-17-16-34(28)20-22-8-10-23(11-9-22)26-4-2-3-5-27(26)31(36)37/h2-15,18H,16-17,19-20H2,1H3,(H,33,35)(H,36,37). The Hall–Kier alpha value is -5.11. The first-order valence-electron chi connectivity index (χ1n) is 12.8. The average molecular weight is 537 g/mol. The van der Waals surface area contributed by atoms with Gasteiger partial charge in [-0.25, -0.2) is 9.59 Å². The molecule has 0 fully saturated rings. The van der Waals surface area contributed by atoms with E-state index in [4.69, 9.17) is 9.47 Å². The molecule has 8 nitrogen and oxygen atoms in total. The van der Waals surface area contributed by atoms with Crippen molar-refractivity contribution in [1.29, 1.82) is 0 Å². The van der Waals surface area contributed by atoms with Gasteiger partial charge in [0.25, 0.3) is 5.91 Å². The van der Waals surface area contributed by atoms with E-state index in [9.17, 15) is 19.5 Å². The Morgan fingerprint density at radius 3 is 2.33 bits per heavy atom. The first kappa shape index (κ1) is 26.5. The van der Waals surface area contributed by atoms with E-state index in [1.54, 1.807) is 48.5 Å². The molecular weight excluding hydrogens is 508 g/mol. The fourth-order valence-corrected chi connectivity index (χ4v) is 4.68. The van der Waals surface area contributed by atoms with Crippen LogP contribution in [-0.4, -0.2) is 43.2 Å². The maximum Gasteiger partial charge on any atom is 0.337 e. The molecular formula is C32H28N2O6. The minimum Gasteiger partial charge on any atom is -0.490 e. The van der Waals surface area contributed by atoms with Crippen LogP contribution in [0.4, 0.5) is 5.69 Å². The maximum atomic E-state index is 12.8. The van der Waals surface area contributed by atoms with Crippen molar-refractivity contribution in [2.75, 3.05) is 25.2 Å². The summed E-state index contributed by atoms with van der Waals surface area (Å²) in [6, 6.07) is 27.2. The molecule has 40 heavy (non-hydrogen) atoms. The van der Waals surface area contributed by atoms with Crippen LogP contribution in [0.15, 0.2) is 91.0 Å². The van der Waals surface area contributed by atoms with Crippen LogP contribution in [0.25, 0.3) is 11.1 Å². The van der Waals surface area contributed by atoms with E-state index < -0.39 is 11.9 Å². The van der Waals surface area contributed by atoms with Gasteiger partial charge in [0, 0.05) is 18.7 Å². The molecule has 1 aliphatic heterocycles. The molecule has 2 N–H and O–H groups in total. The highest BCUT2D eigenvalue weighted by molar-refractivity contribution is 5.96. The summed E-state index contributed by atoms with van der Waals surface area (Å²) in [7, 11) is 1.33. The lowest BCUT2D eigenvalue weighted by Gasteiger charge is -2.31. The number of benzene rings is 4. The van der Waals surface area contributed by atoms with Gasteiger partial charge in [0.2, 0.25) is 0 Å². The summed E-state index contributed by atoms with van der Waals surface area (Å²) in [6.45, 7) is 2.15. The highest BCUT2D eigenvalue weighted by Crippen LogP contribution is 2.34. The number of nitrogens with zero attached hydrogens (tertiary/aromatic N) is 1. The number of hydrogen-bond acceptors (Lipinski definition) is 6. The molecule has 0 unspecified atom stereocenters. The second-order valence-electron chi connectivity index (χ2n) is 9.37. The molecule has 0 bridgehead atoms. The number of esters is 1. The first-order valence-corrected chi connectivity index (χ1v) is 12.8. The predicted octanol–water partition coefficient (Wildman–Crippen LogP) is 5.17.